The van der Waals surface area contributed by atoms with Gasteiger partial charge in [-0.05, 0) is 87.1 Å². The SMILES string of the molecule is C(CNC1CCCC2CCCCC21)CNC1C2CCCCC2CC2CCCCC21. The molecule has 2 N–H and O–H groups in total. The molecule has 0 heterocycles. The smallest absolute Gasteiger partial charge is 0.0129 e. The zero-order valence-electron chi connectivity index (χ0n) is 19.1. The van der Waals surface area contributed by atoms with E-state index in [1.807, 2.05) is 0 Å². The molecule has 29 heavy (non-hydrogen) atoms. The van der Waals surface area contributed by atoms with Gasteiger partial charge in [-0.15, -0.1) is 0 Å². The first kappa shape index (κ1) is 20.8. The average molecular weight is 401 g/mol. The van der Waals surface area contributed by atoms with E-state index in [0.717, 1.165) is 47.6 Å². The van der Waals surface area contributed by atoms with Crippen molar-refractivity contribution in [2.45, 2.75) is 121 Å². The third kappa shape index (κ3) is 4.74. The van der Waals surface area contributed by atoms with Crippen LogP contribution in [0.15, 0.2) is 0 Å². The second-order valence-corrected chi connectivity index (χ2v) is 11.7. The van der Waals surface area contributed by atoms with Crippen molar-refractivity contribution in [2.24, 2.45) is 35.5 Å². The molecule has 0 bridgehead atoms. The summed E-state index contributed by atoms with van der Waals surface area (Å²) in [4.78, 5) is 0. The van der Waals surface area contributed by atoms with Gasteiger partial charge in [0.1, 0.15) is 0 Å². The summed E-state index contributed by atoms with van der Waals surface area (Å²) >= 11 is 0. The van der Waals surface area contributed by atoms with Gasteiger partial charge in [0, 0.05) is 12.1 Å². The minimum atomic E-state index is 0.842. The summed E-state index contributed by atoms with van der Waals surface area (Å²) in [5.74, 6) is 6.21. The van der Waals surface area contributed by atoms with Crippen LogP contribution in [-0.2, 0) is 0 Å². The quantitative estimate of drug-likeness (QED) is 0.511. The highest BCUT2D eigenvalue weighted by Crippen LogP contribution is 2.50. The Kier molecular flexibility index (Phi) is 7.19. The highest BCUT2D eigenvalue weighted by molar-refractivity contribution is 4.98. The number of hydrogen-bond acceptors (Lipinski definition) is 2. The van der Waals surface area contributed by atoms with Crippen LogP contribution in [-0.4, -0.2) is 25.2 Å². The molecule has 5 rings (SSSR count). The normalized spacial score (nSPS) is 45.1. The zero-order chi connectivity index (χ0) is 19.5. The number of fused-ring (bicyclic) bond motifs is 3. The van der Waals surface area contributed by atoms with E-state index in [0.29, 0.717) is 0 Å². The van der Waals surface area contributed by atoms with Crippen molar-refractivity contribution < 1.29 is 0 Å². The van der Waals surface area contributed by atoms with Gasteiger partial charge in [0.15, 0.2) is 0 Å². The Morgan fingerprint density at radius 1 is 0.483 bits per heavy atom. The zero-order valence-corrected chi connectivity index (χ0v) is 19.1. The van der Waals surface area contributed by atoms with E-state index in [1.54, 1.807) is 6.42 Å². The molecule has 5 aliphatic rings. The highest BCUT2D eigenvalue weighted by Gasteiger charge is 2.45. The van der Waals surface area contributed by atoms with Gasteiger partial charge in [-0.1, -0.05) is 70.6 Å². The molecule has 0 spiro atoms. The van der Waals surface area contributed by atoms with Crippen molar-refractivity contribution in [3.63, 3.8) is 0 Å². The van der Waals surface area contributed by atoms with Crippen LogP contribution in [0.2, 0.25) is 0 Å². The Morgan fingerprint density at radius 3 is 1.76 bits per heavy atom. The molecule has 0 aromatic carbocycles. The van der Waals surface area contributed by atoms with Gasteiger partial charge < -0.3 is 10.6 Å². The van der Waals surface area contributed by atoms with Gasteiger partial charge in [0.2, 0.25) is 0 Å². The van der Waals surface area contributed by atoms with Crippen LogP contribution in [0.4, 0.5) is 0 Å². The van der Waals surface area contributed by atoms with Crippen LogP contribution in [0.3, 0.4) is 0 Å². The molecule has 0 amide bonds. The molecule has 0 aromatic heterocycles. The first-order chi connectivity index (χ1) is 14.4. The van der Waals surface area contributed by atoms with Crippen LogP contribution in [0.5, 0.6) is 0 Å². The van der Waals surface area contributed by atoms with Gasteiger partial charge in [-0.2, -0.15) is 0 Å². The van der Waals surface area contributed by atoms with E-state index < -0.39 is 0 Å². The van der Waals surface area contributed by atoms with Gasteiger partial charge >= 0.3 is 0 Å². The van der Waals surface area contributed by atoms with E-state index in [4.69, 9.17) is 0 Å². The summed E-state index contributed by atoms with van der Waals surface area (Å²) in [5.41, 5.74) is 0. The van der Waals surface area contributed by atoms with Crippen molar-refractivity contribution in [2.75, 3.05) is 13.1 Å². The lowest BCUT2D eigenvalue weighted by atomic mass is 9.57. The molecule has 0 saturated heterocycles. The molecule has 5 fully saturated rings. The van der Waals surface area contributed by atoms with Crippen molar-refractivity contribution in [3.05, 3.63) is 0 Å². The molecule has 0 aromatic rings. The Balaban J connectivity index is 1.09. The van der Waals surface area contributed by atoms with Crippen molar-refractivity contribution >= 4 is 0 Å². The van der Waals surface area contributed by atoms with Crippen molar-refractivity contribution in [1.82, 2.24) is 10.6 Å². The van der Waals surface area contributed by atoms with E-state index >= 15 is 0 Å². The van der Waals surface area contributed by atoms with Gasteiger partial charge in [0.05, 0.1) is 0 Å². The molecule has 0 aliphatic heterocycles. The standard InChI is InChI=1S/C27H48N2/c1-4-13-23-20(9-1)12-7-16-26(23)28-17-8-18-29-27-24-14-5-2-10-21(24)19-22-11-3-6-15-25(22)27/h20-29H,1-19H2. The van der Waals surface area contributed by atoms with Gasteiger partial charge in [-0.3, -0.25) is 0 Å². The minimum Gasteiger partial charge on any atom is -0.314 e. The molecular formula is C27H48N2. The van der Waals surface area contributed by atoms with Crippen LogP contribution in [0, 0.1) is 35.5 Å². The van der Waals surface area contributed by atoms with Crippen molar-refractivity contribution in [1.29, 1.82) is 0 Å². The Labute approximate surface area is 180 Å². The minimum absolute atomic E-state index is 0.842. The van der Waals surface area contributed by atoms with E-state index in [9.17, 15) is 0 Å². The largest absolute Gasteiger partial charge is 0.314 e. The molecule has 2 heteroatoms. The van der Waals surface area contributed by atoms with Crippen LogP contribution in [0.25, 0.3) is 0 Å². The lowest BCUT2D eigenvalue weighted by Gasteiger charge is -2.51. The molecule has 7 unspecified atom stereocenters. The maximum atomic E-state index is 4.17. The Bertz CT molecular complexity index is 481. The van der Waals surface area contributed by atoms with Gasteiger partial charge in [0.25, 0.3) is 0 Å². The highest BCUT2D eigenvalue weighted by atomic mass is 15.0. The third-order valence-corrected chi connectivity index (χ3v) is 10.2. The van der Waals surface area contributed by atoms with E-state index in [2.05, 4.69) is 10.6 Å². The maximum Gasteiger partial charge on any atom is 0.0129 e. The van der Waals surface area contributed by atoms with E-state index in [1.165, 1.54) is 116 Å². The summed E-state index contributed by atoms with van der Waals surface area (Å²) in [5, 5.41) is 8.21. The maximum absolute atomic E-state index is 4.17. The molecule has 2 nitrogen and oxygen atoms in total. The lowest BCUT2D eigenvalue weighted by Crippen LogP contribution is -2.53. The predicted molar refractivity (Wildman–Crippen MR) is 123 cm³/mol. The number of rotatable bonds is 6. The Morgan fingerprint density at radius 2 is 1.03 bits per heavy atom. The number of nitrogens with one attached hydrogen (secondary N) is 2. The molecule has 166 valence electrons. The molecular weight excluding hydrogens is 352 g/mol. The molecule has 5 saturated carbocycles. The van der Waals surface area contributed by atoms with Crippen LogP contribution < -0.4 is 10.6 Å². The molecule has 0 radical (unpaired) electrons. The third-order valence-electron chi connectivity index (χ3n) is 10.2. The predicted octanol–water partition coefficient (Wildman–Crippen LogP) is 6.30. The first-order valence-corrected chi connectivity index (χ1v) is 13.9. The first-order valence-electron chi connectivity index (χ1n) is 13.9. The summed E-state index contributed by atoms with van der Waals surface area (Å²) < 4.78 is 0. The summed E-state index contributed by atoms with van der Waals surface area (Å²) in [6, 6.07) is 1.70. The van der Waals surface area contributed by atoms with Crippen LogP contribution >= 0.6 is 0 Å². The number of hydrogen-bond donors (Lipinski definition) is 2. The topological polar surface area (TPSA) is 24.1 Å². The molecule has 5 aliphatic carbocycles. The Hall–Kier alpha value is -0.0800. The van der Waals surface area contributed by atoms with Crippen LogP contribution in [0.1, 0.15) is 109 Å². The summed E-state index contributed by atoms with van der Waals surface area (Å²) in [6.45, 7) is 2.50. The fraction of sp³-hybridized carbons (Fsp3) is 1.00. The second kappa shape index (κ2) is 10.0. The molecule has 7 atom stereocenters. The summed E-state index contributed by atoms with van der Waals surface area (Å²) in [7, 11) is 0. The second-order valence-electron chi connectivity index (χ2n) is 11.7. The summed E-state index contributed by atoms with van der Waals surface area (Å²) in [6.07, 6.45) is 25.6. The fourth-order valence-corrected chi connectivity index (χ4v) is 8.85. The van der Waals surface area contributed by atoms with E-state index in [-0.39, 0.29) is 0 Å². The monoisotopic (exact) mass is 400 g/mol. The average Bonchev–Trinajstić information content (AvgIpc) is 2.78. The lowest BCUT2D eigenvalue weighted by molar-refractivity contribution is 0.0134. The fourth-order valence-electron chi connectivity index (χ4n) is 8.85. The van der Waals surface area contributed by atoms with Gasteiger partial charge in [-0.25, -0.2) is 0 Å². The van der Waals surface area contributed by atoms with Crippen molar-refractivity contribution in [3.8, 4) is 0 Å².